The first kappa shape index (κ1) is 21.0. The van der Waals surface area contributed by atoms with Crippen molar-refractivity contribution in [3.63, 3.8) is 0 Å². The summed E-state index contributed by atoms with van der Waals surface area (Å²) in [7, 11) is -4.07. The summed E-state index contributed by atoms with van der Waals surface area (Å²) in [5, 5.41) is 10.7. The number of aliphatic hydroxyl groups is 1. The molecule has 10 heteroatoms. The molecule has 0 heterocycles. The number of benzene rings is 1. The third-order valence-corrected chi connectivity index (χ3v) is 5.52. The van der Waals surface area contributed by atoms with Crippen LogP contribution in [0.5, 0.6) is 0 Å². The van der Waals surface area contributed by atoms with E-state index in [4.69, 9.17) is 37.8 Å². The Kier molecular flexibility index (Phi) is 8.27. The molecule has 0 aliphatic heterocycles. The van der Waals surface area contributed by atoms with Gasteiger partial charge in [0.1, 0.15) is 0 Å². The van der Waals surface area contributed by atoms with Crippen LogP contribution in [-0.4, -0.2) is 34.3 Å². The van der Waals surface area contributed by atoms with Gasteiger partial charge in [-0.1, -0.05) is 29.3 Å². The van der Waals surface area contributed by atoms with Gasteiger partial charge in [-0.05, 0) is 31.5 Å². The zero-order valence-corrected chi connectivity index (χ0v) is 15.5. The van der Waals surface area contributed by atoms with Crippen molar-refractivity contribution in [3.05, 3.63) is 39.3 Å². The fourth-order valence-corrected chi connectivity index (χ4v) is 3.95. The van der Waals surface area contributed by atoms with Crippen LogP contribution in [0, 0.1) is 0 Å². The Morgan fingerprint density at radius 3 is 2.38 bits per heavy atom. The van der Waals surface area contributed by atoms with Gasteiger partial charge >= 0.3 is 13.0 Å². The lowest BCUT2D eigenvalue weighted by Crippen LogP contribution is -2.21. The molecule has 0 fully saturated rings. The molecule has 132 valence electrons. The maximum atomic E-state index is 12.5. The maximum absolute atomic E-state index is 12.5. The van der Waals surface area contributed by atoms with Crippen LogP contribution in [0.3, 0.4) is 0 Å². The Morgan fingerprint density at radius 2 is 1.92 bits per heavy atom. The van der Waals surface area contributed by atoms with Gasteiger partial charge in [0.05, 0.1) is 19.3 Å². The fraction of sp³-hybridized carbons (Fsp3) is 0.429. The largest absolute Gasteiger partial charge is 0.446 e. The van der Waals surface area contributed by atoms with Gasteiger partial charge in [-0.2, -0.15) is 4.79 Å². The summed E-state index contributed by atoms with van der Waals surface area (Å²) in [5.74, 6) is -0.888. The number of hydrogen-bond donors (Lipinski definition) is 1. The van der Waals surface area contributed by atoms with E-state index in [2.05, 4.69) is 4.79 Å². The molecule has 1 rings (SSSR count). The number of nitrogens with zero attached hydrogens (tertiary/aromatic N) is 2. The van der Waals surface area contributed by atoms with Gasteiger partial charge in [-0.3, -0.25) is 4.79 Å². The summed E-state index contributed by atoms with van der Waals surface area (Å²) in [6.07, 6.45) is -1.83. The zero-order chi connectivity index (χ0) is 18.3. The molecular weight excluding hydrogens is 378 g/mol. The van der Waals surface area contributed by atoms with Crippen molar-refractivity contribution in [1.29, 1.82) is 0 Å². The number of carbonyl (C=O) groups excluding carboxylic acids is 1. The topological polar surface area (TPSA) is 109 Å². The van der Waals surface area contributed by atoms with Crippen LogP contribution < -0.4 is 0 Å². The predicted octanol–water partition coefficient (Wildman–Crippen LogP) is 3.88. The summed E-state index contributed by atoms with van der Waals surface area (Å²) in [4.78, 5) is 15.0. The average molecular weight is 395 g/mol. The molecule has 0 radical (unpaired) electrons. The van der Waals surface area contributed by atoms with E-state index in [-0.39, 0.29) is 23.8 Å². The molecule has 0 aromatic heterocycles. The first-order valence-electron chi connectivity index (χ1n) is 7.07. The van der Waals surface area contributed by atoms with Gasteiger partial charge < -0.3 is 19.7 Å². The van der Waals surface area contributed by atoms with E-state index in [1.807, 2.05) is 0 Å². The van der Waals surface area contributed by atoms with Crippen molar-refractivity contribution in [2.75, 3.05) is 13.2 Å². The van der Waals surface area contributed by atoms with Gasteiger partial charge in [-0.15, -0.1) is 0 Å². The van der Waals surface area contributed by atoms with E-state index in [1.54, 1.807) is 13.8 Å². The fourth-order valence-electron chi connectivity index (χ4n) is 1.91. The summed E-state index contributed by atoms with van der Waals surface area (Å²) in [6.45, 7) is 3.06. The van der Waals surface area contributed by atoms with E-state index in [1.165, 1.54) is 18.2 Å². The summed E-state index contributed by atoms with van der Waals surface area (Å²) in [5.41, 5.74) is 8.56. The Bertz CT molecular complexity index is 696. The van der Waals surface area contributed by atoms with Gasteiger partial charge in [-0.25, -0.2) is 4.57 Å². The molecule has 0 aliphatic rings. The summed E-state index contributed by atoms with van der Waals surface area (Å²) in [6, 6.07) is 4.38. The molecule has 1 unspecified atom stereocenters. The smallest absolute Gasteiger partial charge is 0.388 e. The number of halogens is 2. The summed E-state index contributed by atoms with van der Waals surface area (Å²) < 4.78 is 22.5. The molecule has 1 N–H and O–H groups in total. The van der Waals surface area contributed by atoms with Crippen molar-refractivity contribution in [2.24, 2.45) is 0 Å². The highest BCUT2D eigenvalue weighted by Gasteiger charge is 2.45. The molecule has 24 heavy (non-hydrogen) atoms. The Labute approximate surface area is 149 Å². The average Bonchev–Trinajstić information content (AvgIpc) is 2.47. The van der Waals surface area contributed by atoms with Gasteiger partial charge in [0.15, 0.2) is 0 Å². The second kappa shape index (κ2) is 9.44. The number of hydrogen-bond acceptors (Lipinski definition) is 5. The molecule has 0 aliphatic carbocycles. The van der Waals surface area contributed by atoms with Crippen molar-refractivity contribution < 1.29 is 28.3 Å². The molecule has 1 aromatic carbocycles. The molecule has 0 spiro atoms. The number of rotatable bonds is 9. The SMILES string of the molecule is CCOP(=O)(OCC)C(=[N+]=[N-])C(=O)CC(O)c1ccc(Cl)cc1Cl. The lowest BCUT2D eigenvalue weighted by atomic mass is 10.0. The number of Topliss-reactive ketones (excluding diaryl/α,β-unsaturated/α-hetero) is 1. The minimum atomic E-state index is -4.07. The molecule has 1 atom stereocenters. The van der Waals surface area contributed by atoms with Crippen molar-refractivity contribution in [1.82, 2.24) is 0 Å². The highest BCUT2D eigenvalue weighted by molar-refractivity contribution is 7.74. The number of carbonyl (C=O) groups is 1. The lowest BCUT2D eigenvalue weighted by molar-refractivity contribution is -0.118. The van der Waals surface area contributed by atoms with Gasteiger partial charge in [0, 0.05) is 16.5 Å². The van der Waals surface area contributed by atoms with E-state index in [9.17, 15) is 14.5 Å². The highest BCUT2D eigenvalue weighted by atomic mass is 35.5. The monoisotopic (exact) mass is 394 g/mol. The normalized spacial score (nSPS) is 12.5. The van der Waals surface area contributed by atoms with Gasteiger partial charge in [0.25, 0.3) is 5.78 Å². The first-order chi connectivity index (χ1) is 11.3. The molecule has 0 saturated carbocycles. The van der Waals surface area contributed by atoms with Crippen molar-refractivity contribution in [2.45, 2.75) is 26.4 Å². The van der Waals surface area contributed by atoms with Crippen LogP contribution in [0.15, 0.2) is 18.2 Å². The van der Waals surface area contributed by atoms with E-state index >= 15 is 0 Å². The molecular formula is C14H17Cl2N2O5P. The Hall–Kier alpha value is -1.04. The minimum absolute atomic E-state index is 0.0187. The summed E-state index contributed by atoms with van der Waals surface area (Å²) >= 11 is 11.7. The standard InChI is InChI=1S/C14H17Cl2N2O5P/c1-3-22-24(21,23-4-2)14(18-17)13(20)8-12(19)10-6-5-9(15)7-11(10)16/h5-7,12,19H,3-4,8H2,1-2H3. The molecule has 0 amide bonds. The maximum Gasteiger partial charge on any atom is 0.446 e. The van der Waals surface area contributed by atoms with Crippen LogP contribution in [0.25, 0.3) is 5.53 Å². The first-order valence-corrected chi connectivity index (χ1v) is 9.36. The Balaban J connectivity index is 3.02. The van der Waals surface area contributed by atoms with Gasteiger partial charge in [0.2, 0.25) is 0 Å². The molecule has 7 nitrogen and oxygen atoms in total. The molecule has 0 saturated heterocycles. The van der Waals surface area contributed by atoms with Crippen molar-refractivity contribution in [3.8, 4) is 0 Å². The second-order valence-electron chi connectivity index (χ2n) is 4.57. The van der Waals surface area contributed by atoms with Crippen LogP contribution in [0.1, 0.15) is 31.9 Å². The quantitative estimate of drug-likeness (QED) is 0.295. The van der Waals surface area contributed by atoms with E-state index < -0.39 is 31.4 Å². The molecule has 1 aromatic rings. The predicted molar refractivity (Wildman–Crippen MR) is 90.5 cm³/mol. The number of ketones is 1. The molecule has 0 bridgehead atoms. The zero-order valence-electron chi connectivity index (χ0n) is 13.1. The lowest BCUT2D eigenvalue weighted by Gasteiger charge is -2.14. The minimum Gasteiger partial charge on any atom is -0.388 e. The van der Waals surface area contributed by atoms with Crippen LogP contribution in [-0.2, 0) is 18.4 Å². The van der Waals surface area contributed by atoms with Crippen LogP contribution in [0.2, 0.25) is 10.0 Å². The van der Waals surface area contributed by atoms with E-state index in [0.717, 1.165) is 0 Å². The number of aliphatic hydroxyl groups excluding tert-OH is 1. The van der Waals surface area contributed by atoms with E-state index in [0.29, 0.717) is 5.02 Å². The third kappa shape index (κ3) is 5.23. The van der Waals surface area contributed by atoms with Crippen LogP contribution in [0.4, 0.5) is 0 Å². The van der Waals surface area contributed by atoms with Crippen LogP contribution >= 0.6 is 30.8 Å². The highest BCUT2D eigenvalue weighted by Crippen LogP contribution is 2.49. The second-order valence-corrected chi connectivity index (χ2v) is 7.34. The Morgan fingerprint density at radius 1 is 1.33 bits per heavy atom. The third-order valence-electron chi connectivity index (χ3n) is 2.90. The van der Waals surface area contributed by atoms with Crippen molar-refractivity contribution >= 4 is 42.0 Å².